The van der Waals surface area contributed by atoms with Crippen molar-refractivity contribution < 1.29 is 19.8 Å². The first kappa shape index (κ1) is 13.2. The van der Waals surface area contributed by atoms with Crippen LogP contribution in [0.15, 0.2) is 0 Å². The van der Waals surface area contributed by atoms with Gasteiger partial charge in [0.05, 0.1) is 0 Å². The van der Waals surface area contributed by atoms with Gasteiger partial charge in [0.25, 0.3) is 0 Å². The van der Waals surface area contributed by atoms with E-state index in [0.717, 1.165) is 0 Å². The molecule has 2 atom stereocenters. The first-order valence-corrected chi connectivity index (χ1v) is 5.15. The molecular weight excluding hydrogens is 208 g/mol. The van der Waals surface area contributed by atoms with Crippen LogP contribution in [0.1, 0.15) is 6.42 Å². The molecule has 0 aliphatic carbocycles. The van der Waals surface area contributed by atoms with Crippen molar-refractivity contribution in [3.05, 3.63) is 0 Å². The van der Waals surface area contributed by atoms with E-state index in [1.165, 1.54) is 11.8 Å². The standard InChI is InChI=1S/C7H14N2O4S/c8-4(6(10)11)1-2-14-3-5(9)7(12)13/h4-5H,1-3,8-9H2,(H,10,11)(H,12,13)/t4-,5+/m1/s1. The van der Waals surface area contributed by atoms with Gasteiger partial charge in [0.1, 0.15) is 12.1 Å². The minimum atomic E-state index is -1.06. The Labute approximate surface area is 85.6 Å². The van der Waals surface area contributed by atoms with E-state index in [1.807, 2.05) is 0 Å². The maximum absolute atomic E-state index is 10.3. The molecule has 0 aromatic carbocycles. The zero-order valence-corrected chi connectivity index (χ0v) is 8.37. The van der Waals surface area contributed by atoms with E-state index in [2.05, 4.69) is 0 Å². The summed E-state index contributed by atoms with van der Waals surface area (Å²) in [6, 6.07) is -1.79. The van der Waals surface area contributed by atoms with Gasteiger partial charge in [-0.1, -0.05) is 0 Å². The second-order valence-electron chi connectivity index (χ2n) is 2.75. The molecule has 0 spiro atoms. The highest BCUT2D eigenvalue weighted by atomic mass is 32.2. The molecule has 7 heteroatoms. The Bertz CT molecular complexity index is 190. The fraction of sp³-hybridized carbons (Fsp3) is 0.714. The van der Waals surface area contributed by atoms with Crippen molar-refractivity contribution in [2.75, 3.05) is 11.5 Å². The second-order valence-corrected chi connectivity index (χ2v) is 3.90. The van der Waals surface area contributed by atoms with E-state index in [4.69, 9.17) is 21.7 Å². The van der Waals surface area contributed by atoms with Crippen LogP contribution >= 0.6 is 11.8 Å². The lowest BCUT2D eigenvalue weighted by Gasteiger charge is -2.07. The zero-order chi connectivity index (χ0) is 11.1. The molecule has 0 fully saturated rings. The van der Waals surface area contributed by atoms with Gasteiger partial charge in [-0.2, -0.15) is 11.8 Å². The van der Waals surface area contributed by atoms with E-state index >= 15 is 0 Å². The van der Waals surface area contributed by atoms with E-state index in [9.17, 15) is 9.59 Å². The third kappa shape index (κ3) is 5.79. The molecule has 0 aromatic rings. The van der Waals surface area contributed by atoms with E-state index in [-0.39, 0.29) is 5.75 Å². The number of hydrogen-bond acceptors (Lipinski definition) is 5. The van der Waals surface area contributed by atoms with Crippen LogP contribution in [0.25, 0.3) is 0 Å². The molecule has 0 rings (SSSR count). The Morgan fingerprint density at radius 2 is 1.64 bits per heavy atom. The quantitative estimate of drug-likeness (QED) is 0.404. The molecule has 0 heterocycles. The van der Waals surface area contributed by atoms with Gasteiger partial charge in [0, 0.05) is 5.75 Å². The van der Waals surface area contributed by atoms with Gasteiger partial charge < -0.3 is 21.7 Å². The second kappa shape index (κ2) is 6.63. The van der Waals surface area contributed by atoms with Crippen LogP contribution in [0.4, 0.5) is 0 Å². The number of nitrogens with two attached hydrogens (primary N) is 2. The predicted molar refractivity (Wildman–Crippen MR) is 53.2 cm³/mol. The summed E-state index contributed by atoms with van der Waals surface area (Å²) in [4.78, 5) is 20.6. The van der Waals surface area contributed by atoms with Gasteiger partial charge in [0.15, 0.2) is 0 Å². The Morgan fingerprint density at radius 1 is 1.14 bits per heavy atom. The van der Waals surface area contributed by atoms with Gasteiger partial charge in [-0.15, -0.1) is 0 Å². The Hall–Kier alpha value is -0.790. The van der Waals surface area contributed by atoms with Gasteiger partial charge in [0.2, 0.25) is 0 Å². The fourth-order valence-electron chi connectivity index (χ4n) is 0.615. The van der Waals surface area contributed by atoms with Crippen LogP contribution in [0.5, 0.6) is 0 Å². The van der Waals surface area contributed by atoms with Crippen LogP contribution in [0.3, 0.4) is 0 Å². The Kier molecular flexibility index (Phi) is 6.26. The van der Waals surface area contributed by atoms with Crippen LogP contribution in [-0.4, -0.2) is 45.7 Å². The lowest BCUT2D eigenvalue weighted by Crippen LogP contribution is -2.33. The molecule has 0 saturated heterocycles. The van der Waals surface area contributed by atoms with E-state index in [1.54, 1.807) is 0 Å². The highest BCUT2D eigenvalue weighted by Gasteiger charge is 2.13. The molecule has 6 nitrogen and oxygen atoms in total. The topological polar surface area (TPSA) is 127 Å². The average molecular weight is 222 g/mol. The van der Waals surface area contributed by atoms with Gasteiger partial charge in [-0.25, -0.2) is 0 Å². The summed E-state index contributed by atoms with van der Waals surface area (Å²) in [5.41, 5.74) is 10.5. The Morgan fingerprint density at radius 3 is 2.07 bits per heavy atom. The summed E-state index contributed by atoms with van der Waals surface area (Å²) in [5.74, 6) is -1.34. The van der Waals surface area contributed by atoms with Crippen molar-refractivity contribution in [1.82, 2.24) is 0 Å². The normalized spacial score (nSPS) is 14.7. The number of rotatable bonds is 7. The third-order valence-electron chi connectivity index (χ3n) is 1.50. The molecule has 0 aliphatic rings. The van der Waals surface area contributed by atoms with Crippen LogP contribution < -0.4 is 11.5 Å². The number of thioether (sulfide) groups is 1. The molecule has 0 radical (unpaired) electrons. The average Bonchev–Trinajstić information content (AvgIpc) is 2.11. The number of aliphatic carboxylic acids is 2. The van der Waals surface area contributed by atoms with Crippen molar-refractivity contribution in [1.29, 1.82) is 0 Å². The van der Waals surface area contributed by atoms with Crippen molar-refractivity contribution in [2.24, 2.45) is 11.5 Å². The maximum atomic E-state index is 10.3. The summed E-state index contributed by atoms with van der Waals surface area (Å²) in [6.45, 7) is 0. The van der Waals surface area contributed by atoms with Gasteiger partial charge >= 0.3 is 11.9 Å². The van der Waals surface area contributed by atoms with Crippen molar-refractivity contribution in [3.63, 3.8) is 0 Å². The number of carboxylic acids is 2. The summed E-state index contributed by atoms with van der Waals surface area (Å²) in [6.07, 6.45) is 0.312. The summed E-state index contributed by atoms with van der Waals surface area (Å²) in [5, 5.41) is 16.8. The first-order valence-electron chi connectivity index (χ1n) is 3.99. The van der Waals surface area contributed by atoms with E-state index in [0.29, 0.717) is 12.2 Å². The smallest absolute Gasteiger partial charge is 0.321 e. The zero-order valence-electron chi connectivity index (χ0n) is 7.55. The largest absolute Gasteiger partial charge is 0.480 e. The minimum absolute atomic E-state index is 0.266. The van der Waals surface area contributed by atoms with Crippen LogP contribution in [0, 0.1) is 0 Å². The SMILES string of the molecule is N[C@H](CCSC[C@H](N)C(=O)O)C(=O)O. The molecule has 0 saturated carbocycles. The molecular formula is C7H14N2O4S. The lowest BCUT2D eigenvalue weighted by atomic mass is 10.2. The monoisotopic (exact) mass is 222 g/mol. The minimum Gasteiger partial charge on any atom is -0.480 e. The number of carbonyl (C=O) groups is 2. The molecule has 14 heavy (non-hydrogen) atoms. The molecule has 6 N–H and O–H groups in total. The van der Waals surface area contributed by atoms with E-state index < -0.39 is 24.0 Å². The van der Waals surface area contributed by atoms with Crippen LogP contribution in [-0.2, 0) is 9.59 Å². The summed E-state index contributed by atoms with van der Waals surface area (Å²) < 4.78 is 0. The Balaban J connectivity index is 3.47. The van der Waals surface area contributed by atoms with Crippen LogP contribution in [0.2, 0.25) is 0 Å². The summed E-state index contributed by atoms with van der Waals surface area (Å²) >= 11 is 1.29. The highest BCUT2D eigenvalue weighted by molar-refractivity contribution is 7.99. The molecule has 0 amide bonds. The molecule has 0 bridgehead atoms. The molecule has 0 aliphatic heterocycles. The number of carboxylic acid groups (broad SMARTS) is 2. The van der Waals surface area contributed by atoms with Crippen molar-refractivity contribution in [2.45, 2.75) is 18.5 Å². The lowest BCUT2D eigenvalue weighted by molar-refractivity contribution is -0.139. The first-order chi connectivity index (χ1) is 6.45. The van der Waals surface area contributed by atoms with Gasteiger partial charge in [-0.05, 0) is 12.2 Å². The molecule has 0 unspecified atom stereocenters. The number of hydrogen-bond donors (Lipinski definition) is 4. The van der Waals surface area contributed by atoms with Gasteiger partial charge in [-0.3, -0.25) is 9.59 Å². The molecule has 82 valence electrons. The highest BCUT2D eigenvalue weighted by Crippen LogP contribution is 2.05. The molecule has 0 aromatic heterocycles. The van der Waals surface area contributed by atoms with Crippen molar-refractivity contribution in [3.8, 4) is 0 Å². The maximum Gasteiger partial charge on any atom is 0.321 e. The fourth-order valence-corrected chi connectivity index (χ4v) is 1.60. The van der Waals surface area contributed by atoms with Crippen molar-refractivity contribution >= 4 is 23.7 Å². The predicted octanol–water partition coefficient (Wildman–Crippen LogP) is -1.07. The third-order valence-corrected chi connectivity index (χ3v) is 2.62. The summed E-state index contributed by atoms with van der Waals surface area (Å²) in [7, 11) is 0.